The zero-order valence-electron chi connectivity index (χ0n) is 20.9. The second-order valence-electron chi connectivity index (χ2n) is 10.1. The van der Waals surface area contributed by atoms with E-state index in [0.29, 0.717) is 34.5 Å². The summed E-state index contributed by atoms with van der Waals surface area (Å²) in [5.41, 5.74) is 4.52. The minimum absolute atomic E-state index is 0.0788. The molecule has 1 fully saturated rings. The highest BCUT2D eigenvalue weighted by atomic mass is 35.5. The van der Waals surface area contributed by atoms with Gasteiger partial charge in [-0.05, 0) is 67.7 Å². The van der Waals surface area contributed by atoms with Crippen LogP contribution in [0.1, 0.15) is 37.4 Å². The lowest BCUT2D eigenvalue weighted by molar-refractivity contribution is 0.277. The Hall–Kier alpha value is -3.27. The molecule has 1 saturated carbocycles. The molecule has 198 valence electrons. The molecular weight excluding hydrogens is 524 g/mol. The monoisotopic (exact) mass is 552 g/mol. The molecule has 0 spiro atoms. The lowest BCUT2D eigenvalue weighted by Gasteiger charge is -2.31. The van der Waals surface area contributed by atoms with Crippen LogP contribution in [0.5, 0.6) is 5.75 Å². The van der Waals surface area contributed by atoms with Crippen LogP contribution in [0, 0.1) is 0 Å². The van der Waals surface area contributed by atoms with Gasteiger partial charge in [-0.25, -0.2) is 13.4 Å². The molecule has 8 nitrogen and oxygen atoms in total. The van der Waals surface area contributed by atoms with Gasteiger partial charge in [0.05, 0.1) is 46.1 Å². The molecule has 2 aromatic carbocycles. The van der Waals surface area contributed by atoms with E-state index in [2.05, 4.69) is 15.6 Å². The molecule has 0 bridgehead atoms. The van der Waals surface area contributed by atoms with Crippen molar-refractivity contribution in [3.63, 3.8) is 0 Å². The van der Waals surface area contributed by atoms with Crippen LogP contribution in [-0.2, 0) is 23.0 Å². The van der Waals surface area contributed by atoms with E-state index in [9.17, 15) is 13.5 Å². The average molecular weight is 553 g/mol. The molecule has 1 aliphatic carbocycles. The minimum Gasteiger partial charge on any atom is -0.491 e. The van der Waals surface area contributed by atoms with Gasteiger partial charge in [-0.2, -0.15) is 0 Å². The van der Waals surface area contributed by atoms with Crippen LogP contribution in [0.2, 0.25) is 0 Å². The van der Waals surface area contributed by atoms with Crippen molar-refractivity contribution in [3.05, 3.63) is 77.5 Å². The molecular formula is C28H29ClN4O4S. The van der Waals surface area contributed by atoms with Crippen molar-refractivity contribution in [1.29, 1.82) is 0 Å². The number of benzene rings is 2. The first kappa shape index (κ1) is 25.0. The Morgan fingerprint density at radius 3 is 2.87 bits per heavy atom. The number of sulfone groups is 1. The summed E-state index contributed by atoms with van der Waals surface area (Å²) < 4.78 is 34.1. The van der Waals surface area contributed by atoms with E-state index in [4.69, 9.17) is 16.3 Å². The molecule has 0 saturated heterocycles. The van der Waals surface area contributed by atoms with Crippen molar-refractivity contribution in [3.8, 4) is 16.9 Å². The predicted molar refractivity (Wildman–Crippen MR) is 147 cm³/mol. The van der Waals surface area contributed by atoms with Gasteiger partial charge >= 0.3 is 0 Å². The number of imidazole rings is 1. The van der Waals surface area contributed by atoms with E-state index in [1.165, 1.54) is 0 Å². The van der Waals surface area contributed by atoms with Gasteiger partial charge in [0.2, 0.25) is 0 Å². The number of nitrogens with one attached hydrogen (secondary N) is 2. The fourth-order valence-corrected chi connectivity index (χ4v) is 6.95. The van der Waals surface area contributed by atoms with Crippen LogP contribution >= 0.6 is 11.6 Å². The fraction of sp³-hybridized carbons (Fsp3) is 0.321. The second kappa shape index (κ2) is 9.48. The standard InChI is InChI=1S/C28H29ClN4O4S/c1-28-24(13-19(29)14-31-28)26-23(18-4-2-5-22(12-18)38(35,36)21-6-7-21)8-9-25(27(26)32-28)37-11-3-10-33-15-20(16-34)30-17-33/h2,4-5,8-9,12-15,17,21,31-32,34H,3,6-7,10-11,16H2,1H3. The number of hydrogen-bond acceptors (Lipinski definition) is 7. The first-order valence-electron chi connectivity index (χ1n) is 12.7. The van der Waals surface area contributed by atoms with E-state index >= 15 is 0 Å². The van der Waals surface area contributed by atoms with Crippen molar-refractivity contribution < 1.29 is 18.3 Å². The zero-order valence-corrected chi connectivity index (χ0v) is 22.5. The highest BCUT2D eigenvalue weighted by molar-refractivity contribution is 7.92. The van der Waals surface area contributed by atoms with Crippen LogP contribution in [0.15, 0.2) is 71.1 Å². The van der Waals surface area contributed by atoms with Gasteiger partial charge in [0.15, 0.2) is 9.84 Å². The normalized spacial score (nSPS) is 20.1. The quantitative estimate of drug-likeness (QED) is 0.332. The highest BCUT2D eigenvalue weighted by Crippen LogP contribution is 2.51. The number of fused-ring (bicyclic) bond motifs is 3. The van der Waals surface area contributed by atoms with E-state index < -0.39 is 15.5 Å². The topological polar surface area (TPSA) is 105 Å². The largest absolute Gasteiger partial charge is 0.491 e. The molecule has 1 aromatic heterocycles. The highest BCUT2D eigenvalue weighted by Gasteiger charge is 2.42. The predicted octanol–water partition coefficient (Wildman–Crippen LogP) is 4.66. The van der Waals surface area contributed by atoms with Gasteiger partial charge in [0, 0.05) is 30.1 Å². The molecule has 3 aromatic rings. The number of nitrogens with zero attached hydrogens (tertiary/aromatic N) is 2. The number of aromatic nitrogens is 2. The Morgan fingerprint density at radius 1 is 1.26 bits per heavy atom. The number of dihydropyridines is 1. The Labute approximate surface area is 226 Å². The minimum atomic E-state index is -3.32. The maximum Gasteiger partial charge on any atom is 0.181 e. The van der Waals surface area contributed by atoms with Crippen LogP contribution < -0.4 is 15.4 Å². The molecule has 3 aliphatic rings. The number of aliphatic hydroxyl groups excluding tert-OH is 1. The molecule has 3 heterocycles. The molecule has 10 heteroatoms. The number of ether oxygens (including phenoxy) is 1. The van der Waals surface area contributed by atoms with Crippen LogP contribution in [-0.4, -0.2) is 40.6 Å². The van der Waals surface area contributed by atoms with E-state index in [1.54, 1.807) is 24.7 Å². The number of hydrogen-bond donors (Lipinski definition) is 3. The maximum atomic E-state index is 13.0. The first-order chi connectivity index (χ1) is 18.3. The summed E-state index contributed by atoms with van der Waals surface area (Å²) in [6.45, 7) is 3.16. The zero-order chi connectivity index (χ0) is 26.5. The Bertz CT molecular complexity index is 1580. The van der Waals surface area contributed by atoms with E-state index in [1.807, 2.05) is 48.0 Å². The Balaban J connectivity index is 1.34. The van der Waals surface area contributed by atoms with Crippen molar-refractivity contribution in [2.45, 2.75) is 55.1 Å². The molecule has 1 atom stereocenters. The first-order valence-corrected chi connectivity index (χ1v) is 14.6. The average Bonchev–Trinajstić information content (AvgIpc) is 3.61. The maximum absolute atomic E-state index is 13.0. The second-order valence-corrected chi connectivity index (χ2v) is 12.7. The van der Waals surface area contributed by atoms with Gasteiger partial charge in [0.1, 0.15) is 11.4 Å². The molecule has 6 rings (SSSR count). The van der Waals surface area contributed by atoms with Crippen LogP contribution in [0.25, 0.3) is 16.7 Å². The lowest BCUT2D eigenvalue weighted by Crippen LogP contribution is -2.45. The number of rotatable bonds is 9. The smallest absolute Gasteiger partial charge is 0.181 e. The summed E-state index contributed by atoms with van der Waals surface area (Å²) in [4.78, 5) is 4.50. The van der Waals surface area contributed by atoms with E-state index in [-0.39, 0.29) is 11.9 Å². The molecule has 2 aliphatic heterocycles. The number of allylic oxidation sites excluding steroid dienone is 2. The van der Waals surface area contributed by atoms with Crippen molar-refractivity contribution in [1.82, 2.24) is 14.9 Å². The lowest BCUT2D eigenvalue weighted by atomic mass is 9.89. The third kappa shape index (κ3) is 4.48. The van der Waals surface area contributed by atoms with Crippen molar-refractivity contribution in [2.75, 3.05) is 11.9 Å². The summed E-state index contributed by atoms with van der Waals surface area (Å²) >= 11 is 6.41. The fourth-order valence-electron chi connectivity index (χ4n) is 5.09. The van der Waals surface area contributed by atoms with Gasteiger partial charge < -0.3 is 25.0 Å². The third-order valence-electron chi connectivity index (χ3n) is 7.23. The summed E-state index contributed by atoms with van der Waals surface area (Å²) in [5, 5.41) is 16.5. The number of halogens is 1. The SMILES string of the molecule is CC12NC=C(Cl)C=C1c1c(-c3cccc(S(=O)(=O)C4CC4)c3)ccc(OCCCn3cnc(CO)c3)c1N2. The number of anilines is 1. The summed E-state index contributed by atoms with van der Waals surface area (Å²) in [6, 6.07) is 11.1. The van der Waals surface area contributed by atoms with Crippen LogP contribution in [0.3, 0.4) is 0 Å². The van der Waals surface area contributed by atoms with Crippen molar-refractivity contribution in [2.24, 2.45) is 0 Å². The van der Waals surface area contributed by atoms with Gasteiger partial charge in [0.25, 0.3) is 0 Å². The van der Waals surface area contributed by atoms with E-state index in [0.717, 1.165) is 47.2 Å². The van der Waals surface area contributed by atoms with Gasteiger partial charge in [-0.3, -0.25) is 0 Å². The summed E-state index contributed by atoms with van der Waals surface area (Å²) in [5.74, 6) is 0.710. The molecule has 0 amide bonds. The number of aliphatic hydroxyl groups is 1. The number of aryl methyl sites for hydroxylation is 1. The molecule has 1 unspecified atom stereocenters. The molecule has 38 heavy (non-hydrogen) atoms. The molecule has 0 radical (unpaired) electrons. The van der Waals surface area contributed by atoms with Crippen LogP contribution in [0.4, 0.5) is 5.69 Å². The van der Waals surface area contributed by atoms with Gasteiger partial charge in [-0.15, -0.1) is 0 Å². The molecule has 3 N–H and O–H groups in total. The summed E-state index contributed by atoms with van der Waals surface area (Å²) in [7, 11) is -3.32. The van der Waals surface area contributed by atoms with Gasteiger partial charge in [-0.1, -0.05) is 23.7 Å². The Morgan fingerprint density at radius 2 is 2.11 bits per heavy atom. The summed E-state index contributed by atoms with van der Waals surface area (Å²) in [6.07, 6.45) is 9.44. The Kier molecular flexibility index (Phi) is 6.25. The van der Waals surface area contributed by atoms with Crippen molar-refractivity contribution >= 4 is 32.7 Å². The third-order valence-corrected chi connectivity index (χ3v) is 9.71.